The number of hydrogen-bond acceptors (Lipinski definition) is 8. The highest BCUT2D eigenvalue weighted by Gasteiger charge is 2.35. The number of likely N-dealkylation sites (tertiary alicyclic amines) is 1. The maximum Gasteiger partial charge on any atom is 0.257 e. The van der Waals surface area contributed by atoms with Crippen molar-refractivity contribution in [3.8, 4) is 0 Å². The summed E-state index contributed by atoms with van der Waals surface area (Å²) in [5.41, 5.74) is 7.30. The molecule has 1 unspecified atom stereocenters. The van der Waals surface area contributed by atoms with Crippen molar-refractivity contribution in [2.24, 2.45) is 4.99 Å². The van der Waals surface area contributed by atoms with Gasteiger partial charge in [-0.25, -0.2) is 9.97 Å². The number of carbonyl (C=O) groups excluding carboxylic acids is 1. The molecule has 1 amide bonds. The predicted octanol–water partition coefficient (Wildman–Crippen LogP) is 2.92. The number of rotatable bonds is 5. The number of nitrogens with two attached hydrogens (primary N) is 1. The van der Waals surface area contributed by atoms with Crippen LogP contribution in [0.5, 0.6) is 0 Å². The molecule has 192 valence electrons. The molecule has 2 saturated heterocycles. The monoisotopic (exact) mass is 530 g/mol. The molecule has 0 saturated carbocycles. The molecule has 0 radical (unpaired) electrons. The number of amidine groups is 1. The number of nitrogens with one attached hydrogen (secondary N) is 1. The van der Waals surface area contributed by atoms with E-state index in [1.54, 1.807) is 12.1 Å². The number of piperidine rings is 1. The smallest absolute Gasteiger partial charge is 0.257 e. The fourth-order valence-electron chi connectivity index (χ4n) is 5.49. The van der Waals surface area contributed by atoms with Crippen LogP contribution in [0.1, 0.15) is 42.1 Å². The van der Waals surface area contributed by atoms with E-state index in [-0.39, 0.29) is 11.7 Å². The summed E-state index contributed by atoms with van der Waals surface area (Å²) in [6, 6.07) is 6.08. The zero-order valence-corrected chi connectivity index (χ0v) is 22.0. The second-order valence-electron chi connectivity index (χ2n) is 9.52. The number of aliphatic imine (C=N–C) groups is 1. The second-order valence-corrected chi connectivity index (χ2v) is 10.3. The fraction of sp³-hybridized carbons (Fsp3) is 0.520. The Morgan fingerprint density at radius 3 is 2.67 bits per heavy atom. The molecular weight excluding hydrogens is 499 g/mol. The molecule has 0 bridgehead atoms. The van der Waals surface area contributed by atoms with E-state index in [2.05, 4.69) is 32.0 Å². The zero-order chi connectivity index (χ0) is 25.2. The first-order valence-electron chi connectivity index (χ1n) is 12.6. The summed E-state index contributed by atoms with van der Waals surface area (Å²) in [4.78, 5) is 33.0. The van der Waals surface area contributed by atoms with Crippen LogP contribution in [0.25, 0.3) is 0 Å². The normalized spacial score (nSPS) is 21.4. The molecule has 5 heterocycles. The Labute approximate surface area is 221 Å². The second kappa shape index (κ2) is 10.8. The quantitative estimate of drug-likeness (QED) is 0.572. The highest BCUT2D eigenvalue weighted by molar-refractivity contribution is 6.33. The van der Waals surface area contributed by atoms with Gasteiger partial charge in [-0.05, 0) is 37.5 Å². The van der Waals surface area contributed by atoms with E-state index in [9.17, 15) is 4.79 Å². The molecule has 0 aliphatic carbocycles. The number of hydrogen-bond donors (Lipinski definition) is 2. The maximum absolute atomic E-state index is 13.0. The van der Waals surface area contributed by atoms with Crippen LogP contribution in [-0.4, -0.2) is 89.4 Å². The van der Waals surface area contributed by atoms with Gasteiger partial charge in [0.15, 0.2) is 0 Å². The standard InChI is InChI=1S/C25H32Cl2N8O/c1-2-17-15-34(24-20(26)13-16(14-31-24)23-29-7-8-30-23)11-12-35(17)18-5-9-33(10-6-18)25(36)19-3-4-21(27)32-22(19)28/h3-4,13-14,17-18H,2,5-12,15H2,1H3,(H2,28,32)(H,29,30). The van der Waals surface area contributed by atoms with Crippen LogP contribution >= 0.6 is 23.2 Å². The number of anilines is 2. The Morgan fingerprint density at radius 1 is 1.19 bits per heavy atom. The number of pyridine rings is 2. The van der Waals surface area contributed by atoms with Gasteiger partial charge in [-0.2, -0.15) is 0 Å². The summed E-state index contributed by atoms with van der Waals surface area (Å²) < 4.78 is 0. The number of nitrogens with zero attached hydrogens (tertiary/aromatic N) is 6. The number of halogens is 2. The number of piperazine rings is 1. The van der Waals surface area contributed by atoms with Crippen molar-refractivity contribution < 1.29 is 4.79 Å². The molecule has 36 heavy (non-hydrogen) atoms. The van der Waals surface area contributed by atoms with Crippen LogP contribution in [0, 0.1) is 0 Å². The van der Waals surface area contributed by atoms with Crippen molar-refractivity contribution in [1.29, 1.82) is 0 Å². The van der Waals surface area contributed by atoms with Gasteiger partial charge in [0.2, 0.25) is 0 Å². The minimum absolute atomic E-state index is 0.0742. The van der Waals surface area contributed by atoms with Gasteiger partial charge in [-0.15, -0.1) is 0 Å². The van der Waals surface area contributed by atoms with Crippen molar-refractivity contribution in [2.45, 2.75) is 38.3 Å². The molecule has 2 aromatic heterocycles. The minimum atomic E-state index is -0.0742. The Balaban J connectivity index is 1.20. The zero-order valence-electron chi connectivity index (χ0n) is 20.5. The molecule has 11 heteroatoms. The van der Waals surface area contributed by atoms with Crippen molar-refractivity contribution >= 4 is 46.6 Å². The van der Waals surface area contributed by atoms with Crippen LogP contribution in [-0.2, 0) is 0 Å². The molecule has 9 nitrogen and oxygen atoms in total. The SMILES string of the molecule is CCC1CN(c2ncc(C3=NCCN3)cc2Cl)CCN1C1CCN(C(=O)c2ccc(Cl)nc2N)CC1. The molecule has 5 rings (SSSR count). The average Bonchev–Trinajstić information content (AvgIpc) is 3.43. The molecular formula is C25H32Cl2N8O. The number of amides is 1. The third kappa shape index (κ3) is 5.10. The molecule has 2 fully saturated rings. The highest BCUT2D eigenvalue weighted by Crippen LogP contribution is 2.30. The fourth-order valence-corrected chi connectivity index (χ4v) is 5.93. The van der Waals surface area contributed by atoms with Gasteiger partial charge in [0.25, 0.3) is 5.91 Å². The maximum atomic E-state index is 13.0. The van der Waals surface area contributed by atoms with Gasteiger partial charge < -0.3 is 20.9 Å². The van der Waals surface area contributed by atoms with Crippen LogP contribution in [0.4, 0.5) is 11.6 Å². The van der Waals surface area contributed by atoms with E-state index in [4.69, 9.17) is 33.9 Å². The summed E-state index contributed by atoms with van der Waals surface area (Å²) >= 11 is 12.6. The van der Waals surface area contributed by atoms with Crippen molar-refractivity contribution in [3.05, 3.63) is 45.7 Å². The largest absolute Gasteiger partial charge is 0.383 e. The summed E-state index contributed by atoms with van der Waals surface area (Å²) in [7, 11) is 0. The Bertz CT molecular complexity index is 1150. The van der Waals surface area contributed by atoms with Gasteiger partial charge in [-0.1, -0.05) is 30.1 Å². The molecule has 2 aromatic rings. The van der Waals surface area contributed by atoms with E-state index >= 15 is 0 Å². The Morgan fingerprint density at radius 2 is 2.00 bits per heavy atom. The Kier molecular flexibility index (Phi) is 7.50. The van der Waals surface area contributed by atoms with Crippen LogP contribution in [0.2, 0.25) is 10.2 Å². The summed E-state index contributed by atoms with van der Waals surface area (Å²) in [6.07, 6.45) is 4.78. The number of aromatic nitrogens is 2. The molecule has 3 aliphatic rings. The third-order valence-electron chi connectivity index (χ3n) is 7.41. The lowest BCUT2D eigenvalue weighted by molar-refractivity contribution is 0.0491. The van der Waals surface area contributed by atoms with Crippen LogP contribution < -0.4 is 16.0 Å². The average molecular weight is 531 g/mol. The molecule has 3 N–H and O–H groups in total. The first kappa shape index (κ1) is 25.0. The minimum Gasteiger partial charge on any atom is -0.383 e. The highest BCUT2D eigenvalue weighted by atomic mass is 35.5. The van der Waals surface area contributed by atoms with Crippen LogP contribution in [0.15, 0.2) is 29.4 Å². The number of carbonyl (C=O) groups is 1. The van der Waals surface area contributed by atoms with Crippen LogP contribution in [0.3, 0.4) is 0 Å². The van der Waals surface area contributed by atoms with Crippen molar-refractivity contribution in [1.82, 2.24) is 25.1 Å². The lowest BCUT2D eigenvalue weighted by atomic mass is 9.97. The van der Waals surface area contributed by atoms with Gasteiger partial charge >= 0.3 is 0 Å². The van der Waals surface area contributed by atoms with Gasteiger partial charge in [0, 0.05) is 63.1 Å². The van der Waals surface area contributed by atoms with Gasteiger partial charge in [0.1, 0.15) is 22.6 Å². The topological polar surface area (TPSA) is 103 Å². The molecule has 1 atom stereocenters. The predicted molar refractivity (Wildman–Crippen MR) is 144 cm³/mol. The lowest BCUT2D eigenvalue weighted by Crippen LogP contribution is -2.58. The van der Waals surface area contributed by atoms with Gasteiger partial charge in [-0.3, -0.25) is 14.7 Å². The van der Waals surface area contributed by atoms with Crippen molar-refractivity contribution in [3.63, 3.8) is 0 Å². The number of nitrogen functional groups attached to an aromatic ring is 1. The Hall–Kier alpha value is -2.62. The van der Waals surface area contributed by atoms with E-state index < -0.39 is 0 Å². The molecule has 0 aromatic carbocycles. The summed E-state index contributed by atoms with van der Waals surface area (Å²) in [5.74, 6) is 1.82. The van der Waals surface area contributed by atoms with E-state index in [1.807, 2.05) is 17.2 Å². The molecule has 0 spiro atoms. The summed E-state index contributed by atoms with van der Waals surface area (Å²) in [5, 5.41) is 4.23. The first-order chi connectivity index (χ1) is 17.4. The first-order valence-corrected chi connectivity index (χ1v) is 13.4. The van der Waals surface area contributed by atoms with Gasteiger partial charge in [0.05, 0.1) is 17.1 Å². The lowest BCUT2D eigenvalue weighted by Gasteiger charge is -2.47. The third-order valence-corrected chi connectivity index (χ3v) is 7.90. The molecule has 3 aliphatic heterocycles. The van der Waals surface area contributed by atoms with E-state index in [0.717, 1.165) is 69.2 Å². The summed E-state index contributed by atoms with van der Waals surface area (Å²) in [6.45, 7) is 7.98. The van der Waals surface area contributed by atoms with E-state index in [0.29, 0.717) is 40.9 Å². The van der Waals surface area contributed by atoms with Crippen molar-refractivity contribution in [2.75, 3.05) is 56.4 Å². The van der Waals surface area contributed by atoms with E-state index in [1.165, 1.54) is 0 Å².